The average molecular weight is 501 g/mol. The lowest BCUT2D eigenvalue weighted by Gasteiger charge is -2.09. The normalized spacial score (nSPS) is 10.8. The highest BCUT2D eigenvalue weighted by Crippen LogP contribution is 2.32. The van der Waals surface area contributed by atoms with Crippen LogP contribution in [0.2, 0.25) is 5.02 Å². The lowest BCUT2D eigenvalue weighted by molar-refractivity contribution is 0.102. The molecule has 0 aliphatic rings. The lowest BCUT2D eigenvalue weighted by Crippen LogP contribution is -2.15. The van der Waals surface area contributed by atoms with Crippen LogP contribution in [0.1, 0.15) is 26.4 Å². The molecule has 0 fully saturated rings. The van der Waals surface area contributed by atoms with Crippen molar-refractivity contribution in [3.05, 3.63) is 98.2 Å². The van der Waals surface area contributed by atoms with Gasteiger partial charge in [0.25, 0.3) is 5.91 Å². The van der Waals surface area contributed by atoms with Crippen LogP contribution in [0.5, 0.6) is 0 Å². The molecule has 1 amide bonds. The van der Waals surface area contributed by atoms with Crippen molar-refractivity contribution in [1.82, 2.24) is 4.98 Å². The number of carbonyl (C=O) groups excluding carboxylic acids is 2. The fourth-order valence-electron chi connectivity index (χ4n) is 3.03. The number of aromatic amines is 1. The quantitative estimate of drug-likeness (QED) is 0.270. The van der Waals surface area contributed by atoms with Crippen LogP contribution in [0, 0.1) is 3.57 Å². The Bertz CT molecular complexity index is 1200. The van der Waals surface area contributed by atoms with Gasteiger partial charge in [-0.1, -0.05) is 54.1 Å². The van der Waals surface area contributed by atoms with Gasteiger partial charge in [0.2, 0.25) is 5.78 Å². The van der Waals surface area contributed by atoms with Gasteiger partial charge in [-0.15, -0.1) is 0 Å². The molecule has 0 spiro atoms. The first kappa shape index (κ1) is 18.7. The number of fused-ring (bicyclic) bond motifs is 1. The molecule has 0 atom stereocenters. The van der Waals surface area contributed by atoms with Crippen LogP contribution in [0.4, 0.5) is 5.69 Å². The molecule has 0 aliphatic carbocycles. The number of nitrogens with one attached hydrogen (secondary N) is 2. The number of aromatic nitrogens is 1. The van der Waals surface area contributed by atoms with E-state index in [1.165, 1.54) is 0 Å². The van der Waals surface area contributed by atoms with Gasteiger partial charge in [-0.3, -0.25) is 9.59 Å². The predicted molar refractivity (Wildman–Crippen MR) is 120 cm³/mol. The number of anilines is 1. The Morgan fingerprint density at radius 1 is 0.929 bits per heavy atom. The zero-order chi connectivity index (χ0) is 19.7. The summed E-state index contributed by atoms with van der Waals surface area (Å²) < 4.78 is 0.830. The maximum atomic E-state index is 13.1. The lowest BCUT2D eigenvalue weighted by atomic mass is 10.1. The zero-order valence-corrected chi connectivity index (χ0v) is 17.4. The first-order chi connectivity index (χ1) is 13.5. The van der Waals surface area contributed by atoms with Crippen LogP contribution in [0.15, 0.2) is 72.8 Å². The number of hydrogen-bond acceptors (Lipinski definition) is 2. The number of H-pyrrole nitrogens is 1. The molecule has 4 rings (SSSR count). The third-order valence-corrected chi connectivity index (χ3v) is 5.56. The van der Waals surface area contributed by atoms with Gasteiger partial charge in [-0.2, -0.15) is 0 Å². The van der Waals surface area contributed by atoms with Crippen molar-refractivity contribution in [2.24, 2.45) is 0 Å². The number of carbonyl (C=O) groups is 2. The van der Waals surface area contributed by atoms with Crippen molar-refractivity contribution < 1.29 is 9.59 Å². The van der Waals surface area contributed by atoms with Gasteiger partial charge >= 0.3 is 0 Å². The molecule has 0 saturated heterocycles. The second kappa shape index (κ2) is 7.77. The molecular weight excluding hydrogens is 487 g/mol. The fraction of sp³-hybridized carbons (Fsp3) is 0. The van der Waals surface area contributed by atoms with Crippen LogP contribution >= 0.6 is 34.2 Å². The SMILES string of the molecule is O=C(Nc1c(C(=O)c2ccccc2)[nH]c2cc(Cl)ccc12)c1ccccc1I. The summed E-state index contributed by atoms with van der Waals surface area (Å²) in [5.74, 6) is -0.478. The van der Waals surface area contributed by atoms with Crippen molar-refractivity contribution in [3.8, 4) is 0 Å². The summed E-state index contributed by atoms with van der Waals surface area (Å²) in [7, 11) is 0. The summed E-state index contributed by atoms with van der Waals surface area (Å²) in [6, 6.07) is 21.5. The highest BCUT2D eigenvalue weighted by molar-refractivity contribution is 14.1. The average Bonchev–Trinajstić information content (AvgIpc) is 3.05. The van der Waals surface area contributed by atoms with E-state index in [9.17, 15) is 9.59 Å². The number of hydrogen-bond donors (Lipinski definition) is 2. The molecule has 0 bridgehead atoms. The van der Waals surface area contributed by atoms with Crippen LogP contribution in [0.3, 0.4) is 0 Å². The van der Waals surface area contributed by atoms with Crippen molar-refractivity contribution in [1.29, 1.82) is 0 Å². The van der Waals surface area contributed by atoms with Crippen LogP contribution in [-0.2, 0) is 0 Å². The Kier molecular flexibility index (Phi) is 5.19. The summed E-state index contributed by atoms with van der Waals surface area (Å²) >= 11 is 8.22. The van der Waals surface area contributed by atoms with Crippen molar-refractivity contribution in [2.75, 3.05) is 5.32 Å². The largest absolute Gasteiger partial charge is 0.350 e. The smallest absolute Gasteiger partial charge is 0.256 e. The molecular formula is C22H14ClIN2O2. The van der Waals surface area contributed by atoms with Crippen LogP contribution in [-0.4, -0.2) is 16.7 Å². The Hall–Kier alpha value is -2.64. The van der Waals surface area contributed by atoms with E-state index in [2.05, 4.69) is 32.9 Å². The van der Waals surface area contributed by atoms with Gasteiger partial charge in [-0.25, -0.2) is 0 Å². The Morgan fingerprint density at radius 3 is 2.39 bits per heavy atom. The van der Waals surface area contributed by atoms with Gasteiger partial charge in [0.05, 0.1) is 11.3 Å². The van der Waals surface area contributed by atoms with Gasteiger partial charge < -0.3 is 10.3 Å². The molecule has 4 aromatic rings. The van der Waals surface area contributed by atoms with Crippen molar-refractivity contribution in [3.63, 3.8) is 0 Å². The third kappa shape index (κ3) is 3.55. The summed E-state index contributed by atoms with van der Waals surface area (Å²) in [4.78, 5) is 29.1. The predicted octanol–water partition coefficient (Wildman–Crippen LogP) is 5.91. The Labute approximate surface area is 180 Å². The molecule has 0 saturated carbocycles. The molecule has 4 nitrogen and oxygen atoms in total. The Morgan fingerprint density at radius 2 is 1.64 bits per heavy atom. The van der Waals surface area contributed by atoms with Gasteiger partial charge in [-0.05, 0) is 52.9 Å². The van der Waals surface area contributed by atoms with E-state index in [4.69, 9.17) is 11.6 Å². The summed E-state index contributed by atoms with van der Waals surface area (Å²) in [6.45, 7) is 0. The van der Waals surface area contributed by atoms with E-state index in [-0.39, 0.29) is 11.7 Å². The second-order valence-electron chi connectivity index (χ2n) is 6.19. The second-order valence-corrected chi connectivity index (χ2v) is 7.79. The van der Waals surface area contributed by atoms with E-state index < -0.39 is 0 Å². The molecule has 0 aliphatic heterocycles. The Balaban J connectivity index is 1.83. The van der Waals surface area contributed by atoms with Gasteiger partial charge in [0.1, 0.15) is 5.69 Å². The van der Waals surface area contributed by atoms with Crippen molar-refractivity contribution in [2.45, 2.75) is 0 Å². The molecule has 2 N–H and O–H groups in total. The maximum Gasteiger partial charge on any atom is 0.256 e. The topological polar surface area (TPSA) is 62.0 Å². The third-order valence-electron chi connectivity index (χ3n) is 4.38. The van der Waals surface area contributed by atoms with Crippen LogP contribution in [0.25, 0.3) is 10.9 Å². The molecule has 0 unspecified atom stereocenters. The fourth-order valence-corrected chi connectivity index (χ4v) is 3.83. The first-order valence-corrected chi connectivity index (χ1v) is 9.97. The highest BCUT2D eigenvalue weighted by Gasteiger charge is 2.22. The van der Waals surface area contributed by atoms with E-state index in [1.54, 1.807) is 48.5 Å². The van der Waals surface area contributed by atoms with Crippen molar-refractivity contribution >= 4 is 62.5 Å². The highest BCUT2D eigenvalue weighted by atomic mass is 127. The standard InChI is InChI=1S/C22H14ClIN2O2/c23-14-10-11-16-18(12-14)25-20(21(27)13-6-2-1-3-7-13)19(16)26-22(28)15-8-4-5-9-17(15)24/h1-12,25H,(H,26,28). The number of halogens is 2. The van der Waals surface area contributed by atoms with Gasteiger partial charge in [0, 0.05) is 25.1 Å². The minimum atomic E-state index is -0.275. The molecule has 28 heavy (non-hydrogen) atoms. The minimum Gasteiger partial charge on any atom is -0.350 e. The monoisotopic (exact) mass is 500 g/mol. The van der Waals surface area contributed by atoms with E-state index in [0.717, 1.165) is 8.96 Å². The van der Waals surface area contributed by atoms with E-state index >= 15 is 0 Å². The minimum absolute atomic E-state index is 0.203. The number of ketones is 1. The molecule has 1 heterocycles. The number of benzene rings is 3. The van der Waals surface area contributed by atoms with Crippen LogP contribution < -0.4 is 5.32 Å². The van der Waals surface area contributed by atoms with E-state index in [1.807, 2.05) is 24.3 Å². The molecule has 1 aromatic heterocycles. The maximum absolute atomic E-state index is 13.1. The number of rotatable bonds is 4. The first-order valence-electron chi connectivity index (χ1n) is 8.51. The van der Waals surface area contributed by atoms with E-state index in [0.29, 0.717) is 33.0 Å². The molecule has 138 valence electrons. The molecule has 0 radical (unpaired) electrons. The molecule has 3 aromatic carbocycles. The summed E-state index contributed by atoms with van der Waals surface area (Å²) in [5, 5.41) is 4.19. The summed E-state index contributed by atoms with van der Waals surface area (Å²) in [5.41, 5.74) is 2.53. The molecule has 6 heteroatoms. The zero-order valence-electron chi connectivity index (χ0n) is 14.5. The number of amides is 1. The summed E-state index contributed by atoms with van der Waals surface area (Å²) in [6.07, 6.45) is 0. The van der Waals surface area contributed by atoms with Gasteiger partial charge in [0.15, 0.2) is 0 Å².